The van der Waals surface area contributed by atoms with Crippen molar-refractivity contribution >= 4 is 17.7 Å². The zero-order chi connectivity index (χ0) is 13.1. The number of carbonyl (C=O) groups is 1. The number of hydrogen-bond acceptors (Lipinski definition) is 4. The van der Waals surface area contributed by atoms with Crippen LogP contribution in [-0.4, -0.2) is 24.9 Å². The van der Waals surface area contributed by atoms with Gasteiger partial charge in [0, 0.05) is 4.90 Å². The van der Waals surface area contributed by atoms with Crippen LogP contribution in [0, 0.1) is 6.92 Å². The molecular formula is C13H18O3S. The van der Waals surface area contributed by atoms with E-state index < -0.39 is 4.75 Å². The van der Waals surface area contributed by atoms with Gasteiger partial charge in [0.25, 0.3) is 0 Å². The SMILES string of the molecule is COC(=O)C(C)(C)Sc1ccc(OC)cc1C. The first-order chi connectivity index (χ1) is 7.90. The van der Waals surface area contributed by atoms with Crippen LogP contribution in [0.4, 0.5) is 0 Å². The predicted octanol–water partition coefficient (Wildman–Crippen LogP) is 3.05. The second kappa shape index (κ2) is 5.45. The van der Waals surface area contributed by atoms with Gasteiger partial charge in [0.2, 0.25) is 0 Å². The number of carbonyl (C=O) groups excluding carboxylic acids is 1. The zero-order valence-electron chi connectivity index (χ0n) is 10.9. The highest BCUT2D eigenvalue weighted by atomic mass is 32.2. The van der Waals surface area contributed by atoms with Crippen LogP contribution < -0.4 is 4.74 Å². The molecular weight excluding hydrogens is 236 g/mol. The average molecular weight is 254 g/mol. The molecule has 3 nitrogen and oxygen atoms in total. The van der Waals surface area contributed by atoms with E-state index in [1.54, 1.807) is 7.11 Å². The summed E-state index contributed by atoms with van der Waals surface area (Å²) in [4.78, 5) is 12.7. The first kappa shape index (κ1) is 13.9. The Kier molecular flexibility index (Phi) is 4.46. The molecule has 0 aromatic heterocycles. The molecule has 4 heteroatoms. The summed E-state index contributed by atoms with van der Waals surface area (Å²) in [5, 5.41) is 0. The Bertz CT molecular complexity index is 413. The fraction of sp³-hybridized carbons (Fsp3) is 0.462. The monoisotopic (exact) mass is 254 g/mol. The van der Waals surface area contributed by atoms with Gasteiger partial charge in [-0.2, -0.15) is 0 Å². The lowest BCUT2D eigenvalue weighted by molar-refractivity contribution is -0.142. The van der Waals surface area contributed by atoms with Crippen LogP contribution in [0.3, 0.4) is 0 Å². The van der Waals surface area contributed by atoms with Gasteiger partial charge in [-0.3, -0.25) is 4.79 Å². The molecule has 0 aliphatic carbocycles. The molecule has 0 aliphatic rings. The molecule has 0 radical (unpaired) electrons. The molecule has 0 bridgehead atoms. The van der Waals surface area contributed by atoms with E-state index in [1.807, 2.05) is 39.0 Å². The van der Waals surface area contributed by atoms with Gasteiger partial charge in [0.1, 0.15) is 10.5 Å². The van der Waals surface area contributed by atoms with Crippen LogP contribution in [0.25, 0.3) is 0 Å². The van der Waals surface area contributed by atoms with E-state index in [4.69, 9.17) is 9.47 Å². The standard InChI is InChI=1S/C13H18O3S/c1-9-8-10(15-4)6-7-11(9)17-13(2,3)12(14)16-5/h6-8H,1-5H3. The van der Waals surface area contributed by atoms with Gasteiger partial charge in [-0.15, -0.1) is 11.8 Å². The molecule has 1 aromatic rings. The van der Waals surface area contributed by atoms with Crippen molar-refractivity contribution in [3.8, 4) is 5.75 Å². The molecule has 0 atom stereocenters. The highest BCUT2D eigenvalue weighted by Gasteiger charge is 2.30. The number of esters is 1. The Morgan fingerprint density at radius 1 is 1.29 bits per heavy atom. The van der Waals surface area contributed by atoms with Crippen LogP contribution in [0.15, 0.2) is 23.1 Å². The topological polar surface area (TPSA) is 35.5 Å². The second-order valence-corrected chi connectivity index (χ2v) is 5.90. The summed E-state index contributed by atoms with van der Waals surface area (Å²) >= 11 is 1.49. The second-order valence-electron chi connectivity index (χ2n) is 4.24. The van der Waals surface area contributed by atoms with Crippen LogP contribution in [0.5, 0.6) is 5.75 Å². The molecule has 0 N–H and O–H groups in total. The Balaban J connectivity index is 2.92. The summed E-state index contributed by atoms with van der Waals surface area (Å²) in [6, 6.07) is 5.81. The molecule has 0 heterocycles. The summed E-state index contributed by atoms with van der Waals surface area (Å²) in [5.74, 6) is 0.598. The third-order valence-corrected chi connectivity index (χ3v) is 3.78. The maximum Gasteiger partial charge on any atom is 0.321 e. The van der Waals surface area contributed by atoms with Crippen molar-refractivity contribution in [2.24, 2.45) is 0 Å². The Morgan fingerprint density at radius 3 is 2.41 bits per heavy atom. The fourth-order valence-electron chi connectivity index (χ4n) is 1.43. The van der Waals surface area contributed by atoms with E-state index in [1.165, 1.54) is 18.9 Å². The van der Waals surface area contributed by atoms with Crippen molar-refractivity contribution in [2.75, 3.05) is 14.2 Å². The lowest BCUT2D eigenvalue weighted by Crippen LogP contribution is -2.28. The predicted molar refractivity (Wildman–Crippen MR) is 69.7 cm³/mol. The number of hydrogen-bond donors (Lipinski definition) is 0. The molecule has 94 valence electrons. The molecule has 0 fully saturated rings. The molecule has 0 spiro atoms. The Labute approximate surface area is 106 Å². The minimum atomic E-state index is -0.589. The Hall–Kier alpha value is -1.16. The van der Waals surface area contributed by atoms with E-state index in [0.717, 1.165) is 16.2 Å². The summed E-state index contributed by atoms with van der Waals surface area (Å²) in [6.07, 6.45) is 0. The number of methoxy groups -OCH3 is 2. The van der Waals surface area contributed by atoms with E-state index in [-0.39, 0.29) is 5.97 Å². The first-order valence-corrected chi connectivity index (χ1v) is 6.14. The van der Waals surface area contributed by atoms with E-state index in [0.29, 0.717) is 0 Å². The van der Waals surface area contributed by atoms with Gasteiger partial charge >= 0.3 is 5.97 Å². The summed E-state index contributed by atoms with van der Waals surface area (Å²) in [6.45, 7) is 5.71. The summed E-state index contributed by atoms with van der Waals surface area (Å²) in [5.41, 5.74) is 1.09. The molecule has 1 aromatic carbocycles. The number of thioether (sulfide) groups is 1. The number of benzene rings is 1. The molecule has 0 saturated heterocycles. The van der Waals surface area contributed by atoms with E-state index >= 15 is 0 Å². The van der Waals surface area contributed by atoms with Crippen molar-refractivity contribution in [2.45, 2.75) is 30.4 Å². The maximum absolute atomic E-state index is 11.6. The van der Waals surface area contributed by atoms with Crippen LogP contribution in [-0.2, 0) is 9.53 Å². The molecule has 0 saturated carbocycles. The van der Waals surface area contributed by atoms with Crippen LogP contribution in [0.2, 0.25) is 0 Å². The zero-order valence-corrected chi connectivity index (χ0v) is 11.7. The van der Waals surface area contributed by atoms with E-state index in [9.17, 15) is 4.79 Å². The van der Waals surface area contributed by atoms with Gasteiger partial charge in [-0.05, 0) is 44.5 Å². The quantitative estimate of drug-likeness (QED) is 0.611. The van der Waals surface area contributed by atoms with Crippen LogP contribution >= 0.6 is 11.8 Å². The smallest absolute Gasteiger partial charge is 0.321 e. The van der Waals surface area contributed by atoms with E-state index in [2.05, 4.69) is 0 Å². The van der Waals surface area contributed by atoms with Crippen molar-refractivity contribution in [3.63, 3.8) is 0 Å². The van der Waals surface area contributed by atoms with Crippen molar-refractivity contribution in [3.05, 3.63) is 23.8 Å². The third kappa shape index (κ3) is 3.40. The van der Waals surface area contributed by atoms with Gasteiger partial charge in [0.15, 0.2) is 0 Å². The number of rotatable bonds is 4. The lowest BCUT2D eigenvalue weighted by Gasteiger charge is -2.21. The number of ether oxygens (including phenoxy) is 2. The van der Waals surface area contributed by atoms with Crippen molar-refractivity contribution < 1.29 is 14.3 Å². The van der Waals surface area contributed by atoms with Crippen LogP contribution in [0.1, 0.15) is 19.4 Å². The molecule has 0 unspecified atom stereocenters. The minimum Gasteiger partial charge on any atom is -0.497 e. The largest absolute Gasteiger partial charge is 0.497 e. The maximum atomic E-state index is 11.6. The highest BCUT2D eigenvalue weighted by Crippen LogP contribution is 2.36. The summed E-state index contributed by atoms with van der Waals surface area (Å²) in [7, 11) is 3.05. The first-order valence-electron chi connectivity index (χ1n) is 5.33. The highest BCUT2D eigenvalue weighted by molar-refractivity contribution is 8.01. The van der Waals surface area contributed by atoms with Gasteiger partial charge in [-0.25, -0.2) is 0 Å². The summed E-state index contributed by atoms with van der Waals surface area (Å²) < 4.78 is 9.35. The molecule has 0 amide bonds. The van der Waals surface area contributed by atoms with Gasteiger partial charge < -0.3 is 9.47 Å². The van der Waals surface area contributed by atoms with Crippen molar-refractivity contribution in [1.82, 2.24) is 0 Å². The van der Waals surface area contributed by atoms with Crippen molar-refractivity contribution in [1.29, 1.82) is 0 Å². The normalized spacial score (nSPS) is 11.1. The fourth-order valence-corrected chi connectivity index (χ4v) is 2.50. The number of aryl methyl sites for hydroxylation is 1. The lowest BCUT2D eigenvalue weighted by atomic mass is 10.2. The third-order valence-electron chi connectivity index (χ3n) is 2.42. The van der Waals surface area contributed by atoms with Gasteiger partial charge in [0.05, 0.1) is 14.2 Å². The molecule has 17 heavy (non-hydrogen) atoms. The Morgan fingerprint density at radius 2 is 1.94 bits per heavy atom. The van der Waals surface area contributed by atoms with Gasteiger partial charge in [-0.1, -0.05) is 0 Å². The molecule has 0 aliphatic heterocycles. The average Bonchev–Trinajstić information content (AvgIpc) is 2.30. The molecule has 1 rings (SSSR count). The minimum absolute atomic E-state index is 0.224.